The molecule has 5 N–H and O–H groups in total. The van der Waals surface area contributed by atoms with Gasteiger partial charge < -0.3 is 54.6 Å². The molecular weight excluding hydrogens is 1010 g/mol. The van der Waals surface area contributed by atoms with Crippen LogP contribution in [0, 0.1) is 16.7 Å². The highest BCUT2D eigenvalue weighted by molar-refractivity contribution is 5.98. The summed E-state index contributed by atoms with van der Waals surface area (Å²) in [4.78, 5) is 125. The molecule has 0 bridgehead atoms. The predicted molar refractivity (Wildman–Crippen MR) is 274 cm³/mol. The van der Waals surface area contributed by atoms with Crippen molar-refractivity contribution in [3.05, 3.63) is 119 Å². The summed E-state index contributed by atoms with van der Waals surface area (Å²) in [5.74, 6) is -8.66. The number of benzene rings is 3. The number of ether oxygens (including phenoxy) is 6. The van der Waals surface area contributed by atoms with Gasteiger partial charge in [-0.15, -0.1) is 0 Å². The Morgan fingerprint density at radius 1 is 0.808 bits per heavy atom. The first kappa shape index (κ1) is 57.1. The minimum Gasteiger partial charge on any atom is -0.455 e. The number of aliphatic hydroxyl groups is 2. The second kappa shape index (κ2) is 22.3. The molecule has 2 amide bonds. The number of fused-ring (bicyclic) bond motifs is 3. The molecule has 20 nitrogen and oxygen atoms in total. The fraction of sp³-hybridized carbons (Fsp3) is 0.500. The molecule has 0 aromatic heterocycles. The van der Waals surface area contributed by atoms with Gasteiger partial charge in [0.05, 0.1) is 47.5 Å². The van der Waals surface area contributed by atoms with Crippen LogP contribution in [-0.2, 0) is 62.0 Å². The molecule has 0 radical (unpaired) electrons. The van der Waals surface area contributed by atoms with E-state index >= 15 is 9.59 Å². The molecule has 3 saturated carbocycles. The Kier molecular flexibility index (Phi) is 16.3. The SMILES string of the molecule is CN[C@@H](CCCCNC(=O)CCC(=O)O[C@@H](C(=O)O[C@]12C[C@@]3(O)[C@@H](OC(=O)c4ccccc4)C4[C@](C)(C(=O)[C@H](OC(C)=O)C(=C1C)C32C)[C@@H](O)C[C@H]1OC[C@@]41OC(C)=O)[C@@H](NC(=O)c1ccccc1)c1ccccc1)C(C)=O. The molecule has 1 heterocycles. The first-order valence-electron chi connectivity index (χ1n) is 26.2. The van der Waals surface area contributed by atoms with Crippen LogP contribution in [0.1, 0.15) is 119 Å². The first-order valence-corrected chi connectivity index (χ1v) is 26.2. The molecule has 1 saturated heterocycles. The summed E-state index contributed by atoms with van der Waals surface area (Å²) in [6.45, 7) is 7.93. The highest BCUT2D eigenvalue weighted by Gasteiger charge is 2.90. The lowest BCUT2D eigenvalue weighted by Gasteiger charge is -2.78. The number of carbonyl (C=O) groups excluding carboxylic acids is 9. The number of nitrogens with one attached hydrogen (secondary N) is 3. The number of esters is 5. The first-order chi connectivity index (χ1) is 37.0. The van der Waals surface area contributed by atoms with Crippen LogP contribution in [0.2, 0.25) is 0 Å². The van der Waals surface area contributed by atoms with E-state index in [9.17, 15) is 43.8 Å². The molecule has 0 spiro atoms. The van der Waals surface area contributed by atoms with Crippen molar-refractivity contribution in [3.8, 4) is 0 Å². The largest absolute Gasteiger partial charge is 0.455 e. The Morgan fingerprint density at radius 2 is 1.44 bits per heavy atom. The normalized spacial score (nSPS) is 30.4. The highest BCUT2D eigenvalue weighted by Crippen LogP contribution is 2.78. The topological polar surface area (TPSA) is 286 Å². The second-order valence-electron chi connectivity index (χ2n) is 21.4. The smallest absolute Gasteiger partial charge is 0.350 e. The van der Waals surface area contributed by atoms with E-state index in [1.165, 1.54) is 52.0 Å². The summed E-state index contributed by atoms with van der Waals surface area (Å²) < 4.78 is 36.9. The van der Waals surface area contributed by atoms with E-state index < -0.39 is 130 Å². The van der Waals surface area contributed by atoms with Crippen molar-refractivity contribution < 1.29 is 81.8 Å². The van der Waals surface area contributed by atoms with E-state index in [0.29, 0.717) is 19.3 Å². The predicted octanol–water partition coefficient (Wildman–Crippen LogP) is 3.89. The number of unbranched alkanes of at least 4 members (excludes halogenated alkanes) is 1. The summed E-state index contributed by atoms with van der Waals surface area (Å²) >= 11 is 0. The highest BCUT2D eigenvalue weighted by atomic mass is 16.6. The van der Waals surface area contributed by atoms with Gasteiger partial charge in [0, 0.05) is 45.2 Å². The van der Waals surface area contributed by atoms with E-state index in [0.717, 1.165) is 13.8 Å². The molecule has 78 heavy (non-hydrogen) atoms. The molecule has 3 aromatic rings. The molecule has 416 valence electrons. The standard InChI is InChI=1S/C58H67N3O17/c1-32-44-46(74-34(3)63)49(68)54(5)40(65)29-41-56(31-73-41,77-35(4)64)48(54)50(76-52(70)38-23-15-10-16-24-38)57(72)30-58(32,55(44,57)6)78-53(71)47(45(36-19-11-8-12-20-36)61-51(69)37-21-13-9-14-22-37)75-43(67)27-26-42(66)60-28-18-17-25-39(59-7)33(2)62/h8-16,19-24,39-41,45-48,50,59,65,72H,17-18,25-31H2,1-7H3,(H,60,66)(H,61,69)/t39-,40-,41+,45-,46+,47+,48?,50-,54+,55?,56-,57+,58+/m0/s1. The van der Waals surface area contributed by atoms with Crippen molar-refractivity contribution in [1.29, 1.82) is 0 Å². The third-order valence-corrected chi connectivity index (χ3v) is 16.9. The van der Waals surface area contributed by atoms with E-state index in [1.54, 1.807) is 73.8 Å². The van der Waals surface area contributed by atoms with E-state index in [1.807, 2.05) is 0 Å². The lowest BCUT2D eigenvalue weighted by Crippen LogP contribution is -2.90. The zero-order chi connectivity index (χ0) is 56.5. The van der Waals surface area contributed by atoms with E-state index in [2.05, 4.69) is 16.0 Å². The van der Waals surface area contributed by atoms with Gasteiger partial charge in [-0.3, -0.25) is 33.6 Å². The van der Waals surface area contributed by atoms with Crippen molar-refractivity contribution in [2.24, 2.45) is 16.7 Å². The zero-order valence-corrected chi connectivity index (χ0v) is 44.7. The number of carbonyl (C=O) groups is 9. The molecule has 4 aliphatic carbocycles. The van der Waals surface area contributed by atoms with Gasteiger partial charge in [0.25, 0.3) is 5.91 Å². The Morgan fingerprint density at radius 3 is 2.01 bits per heavy atom. The maximum absolute atomic E-state index is 15.7. The van der Waals surface area contributed by atoms with Gasteiger partial charge in [0.15, 0.2) is 17.5 Å². The quantitative estimate of drug-likeness (QED) is 0.0438. The summed E-state index contributed by atoms with van der Waals surface area (Å²) in [6.07, 6.45) is -8.40. The summed E-state index contributed by atoms with van der Waals surface area (Å²) in [7, 11) is 1.69. The van der Waals surface area contributed by atoms with Gasteiger partial charge in [-0.1, -0.05) is 66.7 Å². The van der Waals surface area contributed by atoms with Crippen LogP contribution >= 0.6 is 0 Å². The van der Waals surface area contributed by atoms with Crippen molar-refractivity contribution in [2.45, 2.75) is 146 Å². The average molecular weight is 1080 g/mol. The second-order valence-corrected chi connectivity index (χ2v) is 21.4. The van der Waals surface area contributed by atoms with Crippen LogP contribution in [0.3, 0.4) is 0 Å². The van der Waals surface area contributed by atoms with Gasteiger partial charge >= 0.3 is 29.8 Å². The molecular formula is C58H67N3O17. The van der Waals surface area contributed by atoms with Crippen LogP contribution < -0.4 is 16.0 Å². The van der Waals surface area contributed by atoms with E-state index in [-0.39, 0.29) is 65.7 Å². The number of likely N-dealkylation sites (N-methyl/N-ethyl adjacent to an activating group) is 1. The number of aliphatic hydroxyl groups excluding tert-OH is 1. The van der Waals surface area contributed by atoms with Crippen molar-refractivity contribution in [2.75, 3.05) is 20.2 Å². The minimum atomic E-state index is -2.41. The lowest BCUT2D eigenvalue weighted by molar-refractivity contribution is -0.376. The van der Waals surface area contributed by atoms with Gasteiger partial charge in [-0.25, -0.2) is 9.59 Å². The minimum absolute atomic E-state index is 0.00520. The lowest BCUT2D eigenvalue weighted by atomic mass is 9.30. The average Bonchev–Trinajstić information content (AvgIpc) is 0.785. The molecule has 20 heteroatoms. The van der Waals surface area contributed by atoms with Crippen LogP contribution in [0.5, 0.6) is 0 Å². The molecule has 4 fully saturated rings. The maximum atomic E-state index is 15.7. The molecule has 13 atom stereocenters. The third kappa shape index (κ3) is 9.81. The Labute approximate surface area is 451 Å². The third-order valence-electron chi connectivity index (χ3n) is 16.9. The summed E-state index contributed by atoms with van der Waals surface area (Å²) in [6, 6.07) is 22.1. The van der Waals surface area contributed by atoms with Crippen LogP contribution in [0.4, 0.5) is 0 Å². The number of hydrogen-bond acceptors (Lipinski definition) is 18. The number of Topliss-reactive ketones (excluding diaryl/α,β-unsaturated/α-hetero) is 2. The molecule has 3 aromatic carbocycles. The van der Waals surface area contributed by atoms with Crippen LogP contribution in [-0.4, -0.2) is 137 Å². The van der Waals surface area contributed by atoms with Crippen molar-refractivity contribution in [3.63, 3.8) is 0 Å². The maximum Gasteiger partial charge on any atom is 0.350 e. The van der Waals surface area contributed by atoms with Crippen LogP contribution in [0.15, 0.2) is 102 Å². The Balaban J connectivity index is 1.19. The van der Waals surface area contributed by atoms with Gasteiger partial charge in [-0.2, -0.15) is 0 Å². The fourth-order valence-electron chi connectivity index (χ4n) is 12.9. The molecule has 2 unspecified atom stereocenters. The van der Waals surface area contributed by atoms with Gasteiger partial charge in [-0.05, 0) is 95.0 Å². The number of ketones is 2. The van der Waals surface area contributed by atoms with Crippen molar-refractivity contribution in [1.82, 2.24) is 16.0 Å². The summed E-state index contributed by atoms with van der Waals surface area (Å²) in [5.41, 5.74) is -9.71. The van der Waals surface area contributed by atoms with Crippen molar-refractivity contribution >= 4 is 53.2 Å². The monoisotopic (exact) mass is 1080 g/mol. The zero-order valence-electron chi connectivity index (χ0n) is 44.7. The fourth-order valence-corrected chi connectivity index (χ4v) is 12.9. The number of hydrogen-bond donors (Lipinski definition) is 5. The molecule has 8 rings (SSSR count). The Hall–Kier alpha value is -7.13. The van der Waals surface area contributed by atoms with Gasteiger partial charge in [0.1, 0.15) is 35.2 Å². The summed E-state index contributed by atoms with van der Waals surface area (Å²) in [5, 5.41) is 34.5. The number of rotatable bonds is 21. The van der Waals surface area contributed by atoms with E-state index in [4.69, 9.17) is 28.4 Å². The van der Waals surface area contributed by atoms with Gasteiger partial charge in [0.2, 0.25) is 12.0 Å². The Bertz CT molecular complexity index is 2880. The van der Waals surface area contributed by atoms with Crippen LogP contribution in [0.25, 0.3) is 0 Å². The number of amides is 2. The molecule has 5 aliphatic rings. The molecule has 1 aliphatic heterocycles.